The van der Waals surface area contributed by atoms with Gasteiger partial charge in [0.2, 0.25) is 10.0 Å². The van der Waals surface area contributed by atoms with E-state index in [1.54, 1.807) is 6.07 Å². The van der Waals surface area contributed by atoms with Crippen LogP contribution in [0.4, 0.5) is 10.1 Å². The topological polar surface area (TPSA) is 66.5 Å². The summed E-state index contributed by atoms with van der Waals surface area (Å²) in [6, 6.07) is 11.5. The number of carbonyl (C=O) groups is 1. The number of carbonyl (C=O) groups excluding carboxylic acids is 1. The number of nitrogens with zero attached hydrogens (tertiary/aromatic N) is 1. The van der Waals surface area contributed by atoms with Gasteiger partial charge in [-0.2, -0.15) is 4.31 Å². The van der Waals surface area contributed by atoms with Crippen LogP contribution in [0.5, 0.6) is 0 Å². The third-order valence-electron chi connectivity index (χ3n) is 4.13. The van der Waals surface area contributed by atoms with Gasteiger partial charge in [-0.25, -0.2) is 12.8 Å². The lowest BCUT2D eigenvalue weighted by atomic mass is 10.2. The monoisotopic (exact) mass is 362 g/mol. The van der Waals surface area contributed by atoms with Crippen molar-refractivity contribution < 1.29 is 17.6 Å². The largest absolute Gasteiger partial charge is 0.322 e. The summed E-state index contributed by atoms with van der Waals surface area (Å²) in [6.07, 6.45) is 2.72. The summed E-state index contributed by atoms with van der Waals surface area (Å²) in [6.45, 7) is 1.00. The standard InChI is InChI=1S/C18H19FN2O3S/c19-15-7-5-8-16(13-15)20-18(22)14-6-4-9-17(12-14)25(23,24)21-10-2-1-3-11-21/h4-9,12-13H,1-3,10-11H2,(H,20,22). The van der Waals surface area contributed by atoms with E-state index >= 15 is 0 Å². The molecule has 25 heavy (non-hydrogen) atoms. The number of amides is 1. The van der Waals surface area contributed by atoms with Crippen LogP contribution in [0.25, 0.3) is 0 Å². The maximum absolute atomic E-state index is 13.2. The maximum atomic E-state index is 13.2. The molecule has 2 aromatic carbocycles. The van der Waals surface area contributed by atoms with Gasteiger partial charge in [0.05, 0.1) is 4.90 Å². The molecule has 0 bridgehead atoms. The van der Waals surface area contributed by atoms with Crippen LogP contribution in [0.2, 0.25) is 0 Å². The van der Waals surface area contributed by atoms with E-state index < -0.39 is 21.7 Å². The number of hydrogen-bond acceptors (Lipinski definition) is 3. The summed E-state index contributed by atoms with van der Waals surface area (Å²) in [7, 11) is -3.60. The van der Waals surface area contributed by atoms with Gasteiger partial charge in [0, 0.05) is 24.3 Å². The Morgan fingerprint density at radius 2 is 1.72 bits per heavy atom. The Bertz CT molecular complexity index is 877. The number of halogens is 1. The SMILES string of the molecule is O=C(Nc1cccc(F)c1)c1cccc(S(=O)(=O)N2CCCCC2)c1. The number of benzene rings is 2. The molecule has 1 N–H and O–H groups in total. The molecule has 0 aliphatic carbocycles. The van der Waals surface area contributed by atoms with Crippen molar-refractivity contribution in [2.75, 3.05) is 18.4 Å². The van der Waals surface area contributed by atoms with Crippen molar-refractivity contribution in [2.45, 2.75) is 24.2 Å². The second-order valence-electron chi connectivity index (χ2n) is 5.96. The number of anilines is 1. The summed E-state index contributed by atoms with van der Waals surface area (Å²) in [4.78, 5) is 12.4. The predicted molar refractivity (Wildman–Crippen MR) is 93.4 cm³/mol. The average molecular weight is 362 g/mol. The molecule has 1 saturated heterocycles. The lowest BCUT2D eigenvalue weighted by Gasteiger charge is -2.26. The molecular formula is C18H19FN2O3S. The molecule has 1 amide bonds. The molecule has 0 radical (unpaired) electrons. The Labute approximate surface area is 146 Å². The third kappa shape index (κ3) is 4.05. The summed E-state index contributed by atoms with van der Waals surface area (Å²) in [5, 5.41) is 2.57. The number of piperidine rings is 1. The molecular weight excluding hydrogens is 343 g/mol. The summed E-state index contributed by atoms with van der Waals surface area (Å²) in [5.41, 5.74) is 0.525. The van der Waals surface area contributed by atoms with Crippen LogP contribution in [0.1, 0.15) is 29.6 Å². The molecule has 0 spiro atoms. The Hall–Kier alpha value is -2.25. The van der Waals surface area contributed by atoms with Gasteiger partial charge >= 0.3 is 0 Å². The van der Waals surface area contributed by atoms with E-state index in [0.29, 0.717) is 18.8 Å². The summed E-state index contributed by atoms with van der Waals surface area (Å²) in [5.74, 6) is -0.944. The van der Waals surface area contributed by atoms with Gasteiger partial charge in [0.25, 0.3) is 5.91 Å². The van der Waals surface area contributed by atoms with E-state index in [0.717, 1.165) is 19.3 Å². The highest BCUT2D eigenvalue weighted by atomic mass is 32.2. The summed E-state index contributed by atoms with van der Waals surface area (Å²) >= 11 is 0. The minimum Gasteiger partial charge on any atom is -0.322 e. The second-order valence-corrected chi connectivity index (χ2v) is 7.89. The summed E-state index contributed by atoms with van der Waals surface area (Å²) < 4.78 is 40.1. The first-order chi connectivity index (χ1) is 12.0. The molecule has 5 nitrogen and oxygen atoms in total. The Balaban J connectivity index is 1.82. The molecule has 2 aromatic rings. The van der Waals surface area contributed by atoms with E-state index in [1.807, 2.05) is 0 Å². The molecule has 0 unspecified atom stereocenters. The average Bonchev–Trinajstić information content (AvgIpc) is 2.62. The molecule has 132 valence electrons. The number of rotatable bonds is 4. The van der Waals surface area contributed by atoms with Crippen LogP contribution < -0.4 is 5.32 Å². The molecule has 0 atom stereocenters. The highest BCUT2D eigenvalue weighted by Crippen LogP contribution is 2.22. The third-order valence-corrected chi connectivity index (χ3v) is 6.03. The fourth-order valence-corrected chi connectivity index (χ4v) is 4.39. The van der Waals surface area contributed by atoms with Gasteiger partial charge in [-0.1, -0.05) is 18.6 Å². The zero-order chi connectivity index (χ0) is 17.9. The van der Waals surface area contributed by atoms with Gasteiger partial charge in [-0.3, -0.25) is 4.79 Å². The molecule has 0 saturated carbocycles. The first kappa shape index (κ1) is 17.6. The first-order valence-corrected chi connectivity index (χ1v) is 9.58. The van der Waals surface area contributed by atoms with Crippen molar-refractivity contribution in [3.63, 3.8) is 0 Å². The van der Waals surface area contributed by atoms with E-state index in [1.165, 1.54) is 46.8 Å². The van der Waals surface area contributed by atoms with Crippen molar-refractivity contribution >= 4 is 21.6 Å². The van der Waals surface area contributed by atoms with Gasteiger partial charge in [0.1, 0.15) is 5.82 Å². The Morgan fingerprint density at radius 3 is 2.44 bits per heavy atom. The van der Waals surface area contributed by atoms with Gasteiger partial charge < -0.3 is 5.32 Å². The van der Waals surface area contributed by atoms with E-state index in [9.17, 15) is 17.6 Å². The lowest BCUT2D eigenvalue weighted by Crippen LogP contribution is -2.35. The fraction of sp³-hybridized carbons (Fsp3) is 0.278. The highest BCUT2D eigenvalue weighted by molar-refractivity contribution is 7.89. The van der Waals surface area contributed by atoms with Crippen molar-refractivity contribution in [1.29, 1.82) is 0 Å². The van der Waals surface area contributed by atoms with Crippen molar-refractivity contribution in [1.82, 2.24) is 4.31 Å². The Kier molecular flexibility index (Phi) is 5.15. The number of sulfonamides is 1. The van der Waals surface area contributed by atoms with Gasteiger partial charge in [0.15, 0.2) is 0 Å². The molecule has 1 heterocycles. The predicted octanol–water partition coefficient (Wildman–Crippen LogP) is 3.25. The fourth-order valence-electron chi connectivity index (χ4n) is 2.82. The minimum atomic E-state index is -3.60. The molecule has 3 rings (SSSR count). The number of hydrogen-bond donors (Lipinski definition) is 1. The van der Waals surface area contributed by atoms with E-state index in [4.69, 9.17) is 0 Å². The van der Waals surface area contributed by atoms with E-state index in [2.05, 4.69) is 5.32 Å². The zero-order valence-electron chi connectivity index (χ0n) is 13.6. The smallest absolute Gasteiger partial charge is 0.255 e. The van der Waals surface area contributed by atoms with E-state index in [-0.39, 0.29) is 10.5 Å². The first-order valence-electron chi connectivity index (χ1n) is 8.14. The van der Waals surface area contributed by atoms with Crippen LogP contribution in [0.15, 0.2) is 53.4 Å². The second kappa shape index (κ2) is 7.33. The van der Waals surface area contributed by atoms with Crippen molar-refractivity contribution in [3.05, 3.63) is 59.9 Å². The maximum Gasteiger partial charge on any atom is 0.255 e. The molecule has 0 aromatic heterocycles. The van der Waals surface area contributed by atoms with Crippen LogP contribution in [0.3, 0.4) is 0 Å². The van der Waals surface area contributed by atoms with Crippen molar-refractivity contribution in [2.24, 2.45) is 0 Å². The van der Waals surface area contributed by atoms with Crippen LogP contribution in [-0.4, -0.2) is 31.7 Å². The number of nitrogens with one attached hydrogen (secondary N) is 1. The molecule has 1 aliphatic rings. The minimum absolute atomic E-state index is 0.0984. The van der Waals surface area contributed by atoms with Crippen LogP contribution in [0, 0.1) is 5.82 Å². The van der Waals surface area contributed by atoms with Crippen molar-refractivity contribution in [3.8, 4) is 0 Å². The highest BCUT2D eigenvalue weighted by Gasteiger charge is 2.26. The molecule has 1 fully saturated rings. The van der Waals surface area contributed by atoms with Gasteiger partial charge in [-0.05, 0) is 49.2 Å². The lowest BCUT2D eigenvalue weighted by molar-refractivity contribution is 0.102. The van der Waals surface area contributed by atoms with Crippen LogP contribution >= 0.6 is 0 Å². The molecule has 1 aliphatic heterocycles. The van der Waals surface area contributed by atoms with Crippen LogP contribution in [-0.2, 0) is 10.0 Å². The zero-order valence-corrected chi connectivity index (χ0v) is 14.4. The Morgan fingerprint density at radius 1 is 1.00 bits per heavy atom. The molecule has 7 heteroatoms. The normalized spacial score (nSPS) is 15.7. The quantitative estimate of drug-likeness (QED) is 0.908. The van der Waals surface area contributed by atoms with Gasteiger partial charge in [-0.15, -0.1) is 0 Å².